The molecule has 1 saturated heterocycles. The highest BCUT2D eigenvalue weighted by Crippen LogP contribution is 2.28. The van der Waals surface area contributed by atoms with E-state index in [4.69, 9.17) is 16.3 Å². The van der Waals surface area contributed by atoms with E-state index < -0.39 is 0 Å². The molecule has 0 spiro atoms. The number of halogens is 1. The van der Waals surface area contributed by atoms with E-state index in [9.17, 15) is 9.59 Å². The second kappa shape index (κ2) is 10.0. The number of para-hydroxylation sites is 3. The van der Waals surface area contributed by atoms with Crippen molar-refractivity contribution in [1.29, 1.82) is 0 Å². The van der Waals surface area contributed by atoms with Crippen LogP contribution < -0.4 is 15.2 Å². The van der Waals surface area contributed by atoms with Crippen LogP contribution in [-0.4, -0.2) is 46.8 Å². The highest BCUT2D eigenvalue weighted by Gasteiger charge is 2.26. The van der Waals surface area contributed by atoms with Gasteiger partial charge >= 0.3 is 0 Å². The Morgan fingerprint density at radius 1 is 0.829 bits per heavy atom. The Hall–Kier alpha value is -4.10. The number of rotatable bonds is 5. The molecule has 3 aromatic carbocycles. The predicted octanol–water partition coefficient (Wildman–Crippen LogP) is 4.64. The molecule has 1 amide bonds. The van der Waals surface area contributed by atoms with Crippen molar-refractivity contribution in [2.24, 2.45) is 0 Å². The minimum atomic E-state index is -0.374. The predicted molar refractivity (Wildman–Crippen MR) is 136 cm³/mol. The lowest BCUT2D eigenvalue weighted by atomic mass is 10.1. The van der Waals surface area contributed by atoms with E-state index in [1.54, 1.807) is 35.4 Å². The number of nitrogens with zero attached hydrogens (tertiary/aromatic N) is 4. The van der Waals surface area contributed by atoms with Gasteiger partial charge in [0, 0.05) is 26.2 Å². The number of aromatic nitrogens is 2. The van der Waals surface area contributed by atoms with Gasteiger partial charge in [0.2, 0.25) is 0 Å². The first-order chi connectivity index (χ1) is 17.1. The molecular formula is C27H23ClN4O3. The molecule has 0 N–H and O–H groups in total. The molecule has 0 unspecified atom stereocenters. The lowest BCUT2D eigenvalue weighted by molar-refractivity contribution is 0.0744. The smallest absolute Gasteiger partial charge is 0.292 e. The standard InChI is InChI=1S/C27H23ClN4O3/c28-25-23(19-29-32(27(25)34)20-9-3-1-4-10-20)30-15-17-31(18-16-30)26(33)22-13-7-8-14-24(22)35-21-11-5-2-6-12-21/h1-14,19H,15-18H2. The van der Waals surface area contributed by atoms with Gasteiger partial charge in [-0.3, -0.25) is 9.59 Å². The Labute approximate surface area is 207 Å². The van der Waals surface area contributed by atoms with E-state index in [1.165, 1.54) is 4.68 Å². The second-order valence-electron chi connectivity index (χ2n) is 8.09. The lowest BCUT2D eigenvalue weighted by Gasteiger charge is -2.36. The first kappa shape index (κ1) is 22.7. The molecule has 2 heterocycles. The summed E-state index contributed by atoms with van der Waals surface area (Å²) < 4.78 is 7.25. The third kappa shape index (κ3) is 4.76. The fraction of sp³-hybridized carbons (Fsp3) is 0.148. The number of hydrogen-bond acceptors (Lipinski definition) is 5. The van der Waals surface area contributed by atoms with Crippen LogP contribution in [0.25, 0.3) is 5.69 Å². The minimum absolute atomic E-state index is 0.0973. The van der Waals surface area contributed by atoms with Crippen LogP contribution in [0.3, 0.4) is 0 Å². The summed E-state index contributed by atoms with van der Waals surface area (Å²) in [6.07, 6.45) is 1.61. The zero-order chi connectivity index (χ0) is 24.2. The van der Waals surface area contributed by atoms with E-state index in [0.717, 1.165) is 0 Å². The number of amides is 1. The van der Waals surface area contributed by atoms with Gasteiger partial charge < -0.3 is 14.5 Å². The molecule has 0 bridgehead atoms. The molecule has 8 heteroatoms. The van der Waals surface area contributed by atoms with E-state index in [2.05, 4.69) is 5.10 Å². The topological polar surface area (TPSA) is 67.7 Å². The van der Waals surface area contributed by atoms with E-state index >= 15 is 0 Å². The molecule has 5 rings (SSSR count). The van der Waals surface area contributed by atoms with Gasteiger partial charge in [-0.05, 0) is 36.4 Å². The average Bonchev–Trinajstić information content (AvgIpc) is 2.91. The van der Waals surface area contributed by atoms with Crippen molar-refractivity contribution in [2.75, 3.05) is 31.1 Å². The number of piperazine rings is 1. The van der Waals surface area contributed by atoms with Crippen LogP contribution in [0.15, 0.2) is 95.9 Å². The zero-order valence-electron chi connectivity index (χ0n) is 18.9. The van der Waals surface area contributed by atoms with Crippen molar-refractivity contribution in [3.05, 3.63) is 112 Å². The molecule has 1 aromatic heterocycles. The van der Waals surface area contributed by atoms with Crippen LogP contribution in [0, 0.1) is 0 Å². The Morgan fingerprint density at radius 2 is 1.46 bits per heavy atom. The van der Waals surface area contributed by atoms with Crippen molar-refractivity contribution in [3.8, 4) is 17.2 Å². The number of carbonyl (C=O) groups excluding carboxylic acids is 1. The van der Waals surface area contributed by atoms with Crippen LogP contribution in [-0.2, 0) is 0 Å². The summed E-state index contributed by atoms with van der Waals surface area (Å²) in [6, 6.07) is 25.8. The Balaban J connectivity index is 1.30. The van der Waals surface area contributed by atoms with Crippen LogP contribution in [0.1, 0.15) is 10.4 Å². The molecule has 4 aromatic rings. The molecule has 0 aliphatic carbocycles. The van der Waals surface area contributed by atoms with E-state index in [0.29, 0.717) is 54.6 Å². The quantitative estimate of drug-likeness (QED) is 0.411. The average molecular weight is 487 g/mol. The van der Waals surface area contributed by atoms with Crippen LogP contribution >= 0.6 is 11.6 Å². The summed E-state index contributed by atoms with van der Waals surface area (Å²) >= 11 is 6.46. The minimum Gasteiger partial charge on any atom is -0.457 e. The maximum absolute atomic E-state index is 13.3. The summed E-state index contributed by atoms with van der Waals surface area (Å²) in [4.78, 5) is 29.9. The number of hydrogen-bond donors (Lipinski definition) is 0. The molecule has 0 radical (unpaired) electrons. The van der Waals surface area contributed by atoms with Gasteiger partial charge in [0.25, 0.3) is 11.5 Å². The largest absolute Gasteiger partial charge is 0.457 e. The van der Waals surface area contributed by atoms with Crippen LogP contribution in [0.5, 0.6) is 11.5 Å². The molecule has 1 aliphatic heterocycles. The van der Waals surface area contributed by atoms with Crippen molar-refractivity contribution >= 4 is 23.2 Å². The van der Waals surface area contributed by atoms with Gasteiger partial charge in [0.1, 0.15) is 16.5 Å². The first-order valence-electron chi connectivity index (χ1n) is 11.3. The third-order valence-corrected chi connectivity index (χ3v) is 6.25. The number of anilines is 1. The van der Waals surface area contributed by atoms with Gasteiger partial charge in [-0.25, -0.2) is 0 Å². The van der Waals surface area contributed by atoms with Crippen LogP contribution in [0.4, 0.5) is 5.69 Å². The fourth-order valence-electron chi connectivity index (χ4n) is 4.07. The molecule has 176 valence electrons. The summed E-state index contributed by atoms with van der Waals surface area (Å²) in [7, 11) is 0. The number of ether oxygens (including phenoxy) is 1. The van der Waals surface area contributed by atoms with Crippen molar-refractivity contribution in [2.45, 2.75) is 0 Å². The molecule has 0 atom stereocenters. The van der Waals surface area contributed by atoms with E-state index in [-0.39, 0.29) is 16.5 Å². The van der Waals surface area contributed by atoms with Gasteiger partial charge in [0.15, 0.2) is 0 Å². The SMILES string of the molecule is O=C(c1ccccc1Oc1ccccc1)N1CCN(c2cnn(-c3ccccc3)c(=O)c2Cl)CC1. The highest BCUT2D eigenvalue weighted by atomic mass is 35.5. The molecule has 1 aliphatic rings. The third-order valence-electron chi connectivity index (χ3n) is 5.90. The second-order valence-corrected chi connectivity index (χ2v) is 8.46. The molecular weight excluding hydrogens is 464 g/mol. The summed E-state index contributed by atoms with van der Waals surface area (Å²) in [5.74, 6) is 1.09. The summed E-state index contributed by atoms with van der Waals surface area (Å²) in [5, 5.41) is 4.43. The first-order valence-corrected chi connectivity index (χ1v) is 11.7. The maximum atomic E-state index is 13.3. The van der Waals surface area contributed by atoms with Crippen molar-refractivity contribution in [3.63, 3.8) is 0 Å². The summed E-state index contributed by atoms with van der Waals surface area (Å²) in [5.41, 5.74) is 1.36. The van der Waals surface area contributed by atoms with Gasteiger partial charge in [0.05, 0.1) is 23.1 Å². The molecule has 7 nitrogen and oxygen atoms in total. The zero-order valence-corrected chi connectivity index (χ0v) is 19.6. The Morgan fingerprint density at radius 3 is 2.17 bits per heavy atom. The van der Waals surface area contributed by atoms with Crippen LogP contribution in [0.2, 0.25) is 5.02 Å². The van der Waals surface area contributed by atoms with Gasteiger partial charge in [-0.2, -0.15) is 9.78 Å². The molecule has 1 fully saturated rings. The monoisotopic (exact) mass is 486 g/mol. The highest BCUT2D eigenvalue weighted by molar-refractivity contribution is 6.33. The molecule has 0 saturated carbocycles. The Bertz CT molecular complexity index is 1380. The maximum Gasteiger partial charge on any atom is 0.292 e. The number of benzene rings is 3. The molecule has 35 heavy (non-hydrogen) atoms. The van der Waals surface area contributed by atoms with Crippen molar-refractivity contribution in [1.82, 2.24) is 14.7 Å². The van der Waals surface area contributed by atoms with Gasteiger partial charge in [-0.15, -0.1) is 0 Å². The summed E-state index contributed by atoms with van der Waals surface area (Å²) in [6.45, 7) is 2.03. The fourth-order valence-corrected chi connectivity index (χ4v) is 4.31. The number of carbonyl (C=O) groups is 1. The normalized spacial score (nSPS) is 13.5. The van der Waals surface area contributed by atoms with E-state index in [1.807, 2.05) is 65.6 Å². The lowest BCUT2D eigenvalue weighted by Crippen LogP contribution is -2.49. The van der Waals surface area contributed by atoms with Gasteiger partial charge in [-0.1, -0.05) is 60.1 Å². The van der Waals surface area contributed by atoms with Crippen molar-refractivity contribution < 1.29 is 9.53 Å². The Kier molecular flexibility index (Phi) is 6.50.